The Kier molecular flexibility index (Phi) is 3.86. The number of aromatic nitrogens is 2. The number of carbonyl (C=O) groups is 1. The smallest absolute Gasteiger partial charge is 0.253 e. The number of pyridine rings is 1. The van der Waals surface area contributed by atoms with Crippen LogP contribution in [0.5, 0.6) is 0 Å². The van der Waals surface area contributed by atoms with Gasteiger partial charge in [-0.15, -0.1) is 0 Å². The third kappa shape index (κ3) is 2.82. The molecule has 0 atom stereocenters. The fourth-order valence-electron chi connectivity index (χ4n) is 5.62. The summed E-state index contributed by atoms with van der Waals surface area (Å²) in [6, 6.07) is 10.9. The number of carbonyl (C=O) groups excluding carboxylic acids is 1. The molecule has 6 nitrogen and oxygen atoms in total. The van der Waals surface area contributed by atoms with Crippen molar-refractivity contribution in [3.8, 4) is 22.5 Å². The Hall–Kier alpha value is -3.12. The Morgan fingerprint density at radius 3 is 2.66 bits per heavy atom. The fourth-order valence-corrected chi connectivity index (χ4v) is 5.62. The summed E-state index contributed by atoms with van der Waals surface area (Å²) in [5.41, 5.74) is 10.1. The van der Waals surface area contributed by atoms with Gasteiger partial charge in [-0.3, -0.25) is 9.78 Å². The quantitative estimate of drug-likeness (QED) is 0.658. The Labute approximate surface area is 187 Å². The normalized spacial score (nSPS) is 20.4. The molecular formula is C26H26N4O2. The summed E-state index contributed by atoms with van der Waals surface area (Å²) < 4.78 is 5.47. The number of H-pyrrole nitrogens is 1. The predicted octanol–water partition coefficient (Wildman–Crippen LogP) is 3.50. The van der Waals surface area contributed by atoms with Crippen molar-refractivity contribution in [3.63, 3.8) is 0 Å². The van der Waals surface area contributed by atoms with Gasteiger partial charge < -0.3 is 19.9 Å². The minimum atomic E-state index is 0.0198. The summed E-state index contributed by atoms with van der Waals surface area (Å²) >= 11 is 0. The number of ether oxygens (including phenoxy) is 1. The van der Waals surface area contributed by atoms with E-state index in [1.165, 1.54) is 22.4 Å². The highest BCUT2D eigenvalue weighted by Gasteiger charge is 2.49. The van der Waals surface area contributed by atoms with Gasteiger partial charge in [-0.1, -0.05) is 12.1 Å². The lowest BCUT2D eigenvalue weighted by Gasteiger charge is -2.28. The Morgan fingerprint density at radius 1 is 1.06 bits per heavy atom. The van der Waals surface area contributed by atoms with Crippen molar-refractivity contribution < 1.29 is 9.53 Å². The summed E-state index contributed by atoms with van der Waals surface area (Å²) in [5, 5.41) is 3.27. The van der Waals surface area contributed by atoms with Crippen LogP contribution in [0.1, 0.15) is 40.0 Å². The molecule has 3 aromatic rings. The third-order valence-electron chi connectivity index (χ3n) is 7.60. The first kappa shape index (κ1) is 18.5. The number of aryl methyl sites for hydroxylation is 1. The van der Waals surface area contributed by atoms with E-state index in [0.717, 1.165) is 86.6 Å². The van der Waals surface area contributed by atoms with Crippen LogP contribution in [-0.4, -0.2) is 47.7 Å². The Morgan fingerprint density at radius 2 is 1.88 bits per heavy atom. The van der Waals surface area contributed by atoms with E-state index in [0.29, 0.717) is 0 Å². The van der Waals surface area contributed by atoms with Gasteiger partial charge in [-0.05, 0) is 55.0 Å². The standard InChI is InChI=1S/C26H26N4O2/c31-25-23-19-6-3-17-15-27-21(16-1-4-18(5-2-16)30-9-11-32-12-10-30)13-20(17)24(19)28-22(23)14-26(29-25)7-8-26/h1-2,4-5,13,15,28H,3,6-12,14H2,(H,29,31). The maximum Gasteiger partial charge on any atom is 0.253 e. The zero-order chi connectivity index (χ0) is 21.3. The van der Waals surface area contributed by atoms with Gasteiger partial charge in [0.15, 0.2) is 0 Å². The van der Waals surface area contributed by atoms with E-state index in [9.17, 15) is 4.79 Å². The first-order chi connectivity index (χ1) is 15.7. The second-order valence-electron chi connectivity index (χ2n) is 9.62. The first-order valence-corrected chi connectivity index (χ1v) is 11.7. The molecule has 1 saturated heterocycles. The lowest BCUT2D eigenvalue weighted by Crippen LogP contribution is -2.43. The van der Waals surface area contributed by atoms with Crippen LogP contribution >= 0.6 is 0 Å². The minimum Gasteiger partial charge on any atom is -0.378 e. The topological polar surface area (TPSA) is 70.2 Å². The van der Waals surface area contributed by atoms with Gasteiger partial charge in [0.25, 0.3) is 5.91 Å². The van der Waals surface area contributed by atoms with Crippen molar-refractivity contribution in [1.82, 2.24) is 15.3 Å². The number of morpholine rings is 1. The predicted molar refractivity (Wildman–Crippen MR) is 123 cm³/mol. The molecule has 32 heavy (non-hydrogen) atoms. The van der Waals surface area contributed by atoms with Crippen molar-refractivity contribution in [1.29, 1.82) is 0 Å². The lowest BCUT2D eigenvalue weighted by molar-refractivity contribution is 0.0917. The number of hydrogen-bond donors (Lipinski definition) is 2. The molecule has 1 aromatic carbocycles. The molecule has 162 valence electrons. The average Bonchev–Trinajstić information content (AvgIpc) is 3.45. The summed E-state index contributed by atoms with van der Waals surface area (Å²) in [5.74, 6) is 0.109. The van der Waals surface area contributed by atoms with Crippen LogP contribution in [0, 0.1) is 0 Å². The van der Waals surface area contributed by atoms with Crippen molar-refractivity contribution in [2.24, 2.45) is 0 Å². The first-order valence-electron chi connectivity index (χ1n) is 11.7. The van der Waals surface area contributed by atoms with Gasteiger partial charge in [-0.2, -0.15) is 0 Å². The summed E-state index contributed by atoms with van der Waals surface area (Å²) in [6.07, 6.45) is 6.95. The van der Waals surface area contributed by atoms with E-state index in [4.69, 9.17) is 9.72 Å². The number of rotatable bonds is 2. The number of anilines is 1. The number of hydrogen-bond acceptors (Lipinski definition) is 4. The number of nitrogens with one attached hydrogen (secondary N) is 2. The van der Waals surface area contributed by atoms with Gasteiger partial charge >= 0.3 is 0 Å². The third-order valence-corrected chi connectivity index (χ3v) is 7.60. The van der Waals surface area contributed by atoms with Crippen LogP contribution < -0.4 is 10.2 Å². The highest BCUT2D eigenvalue weighted by molar-refractivity contribution is 6.01. The van der Waals surface area contributed by atoms with Gasteiger partial charge in [0.1, 0.15) is 0 Å². The molecule has 6 heteroatoms. The van der Waals surface area contributed by atoms with Crippen LogP contribution in [0.3, 0.4) is 0 Å². The van der Waals surface area contributed by atoms with E-state index in [1.807, 2.05) is 6.20 Å². The minimum absolute atomic E-state index is 0.0198. The number of nitrogens with zero attached hydrogens (tertiary/aromatic N) is 2. The highest BCUT2D eigenvalue weighted by atomic mass is 16.5. The molecule has 4 aliphatic rings. The number of aromatic amines is 1. The molecule has 2 N–H and O–H groups in total. The number of benzene rings is 1. The van der Waals surface area contributed by atoms with Gasteiger partial charge in [0.05, 0.1) is 30.2 Å². The fraction of sp³-hybridized carbons (Fsp3) is 0.385. The Bertz CT molecular complexity index is 1230. The van der Waals surface area contributed by atoms with Gasteiger partial charge in [0.2, 0.25) is 0 Å². The monoisotopic (exact) mass is 426 g/mol. The second kappa shape index (κ2) is 6.69. The van der Waals surface area contributed by atoms with Crippen molar-refractivity contribution >= 4 is 11.6 Å². The molecule has 1 amide bonds. The molecule has 2 aliphatic carbocycles. The molecule has 1 spiro atoms. The molecule has 0 bridgehead atoms. The zero-order valence-electron chi connectivity index (χ0n) is 18.0. The van der Waals surface area contributed by atoms with E-state index >= 15 is 0 Å². The number of amides is 1. The SMILES string of the molecule is O=C1NC2(CC2)Cc2[nH]c3c(c21)CCc1cnc(-c2ccc(N4CCOCC4)cc2)cc1-3. The van der Waals surface area contributed by atoms with E-state index in [2.05, 4.69) is 45.5 Å². The van der Waals surface area contributed by atoms with Crippen LogP contribution in [0.2, 0.25) is 0 Å². The molecule has 2 aliphatic heterocycles. The lowest BCUT2D eigenvalue weighted by atomic mass is 9.87. The van der Waals surface area contributed by atoms with Crippen molar-refractivity contribution in [2.75, 3.05) is 31.2 Å². The molecule has 2 aromatic heterocycles. The molecule has 0 unspecified atom stereocenters. The molecule has 7 rings (SSSR count). The molecule has 2 fully saturated rings. The maximum absolute atomic E-state index is 12.9. The molecule has 4 heterocycles. The van der Waals surface area contributed by atoms with Crippen LogP contribution in [0.25, 0.3) is 22.5 Å². The van der Waals surface area contributed by atoms with E-state index < -0.39 is 0 Å². The largest absolute Gasteiger partial charge is 0.378 e. The molecule has 1 saturated carbocycles. The van der Waals surface area contributed by atoms with Gasteiger partial charge in [-0.25, -0.2) is 0 Å². The number of fused-ring (bicyclic) bond motifs is 5. The van der Waals surface area contributed by atoms with E-state index in [1.54, 1.807) is 0 Å². The Balaban J connectivity index is 1.25. The molecular weight excluding hydrogens is 400 g/mol. The molecule has 0 radical (unpaired) electrons. The van der Waals surface area contributed by atoms with Crippen LogP contribution in [0.4, 0.5) is 5.69 Å². The van der Waals surface area contributed by atoms with Crippen molar-refractivity contribution in [3.05, 3.63) is 58.9 Å². The maximum atomic E-state index is 12.9. The van der Waals surface area contributed by atoms with Crippen LogP contribution in [0.15, 0.2) is 36.5 Å². The average molecular weight is 427 g/mol. The van der Waals surface area contributed by atoms with Crippen LogP contribution in [-0.2, 0) is 24.0 Å². The van der Waals surface area contributed by atoms with Gasteiger partial charge in [0, 0.05) is 53.8 Å². The summed E-state index contributed by atoms with van der Waals surface area (Å²) in [4.78, 5) is 23.7. The summed E-state index contributed by atoms with van der Waals surface area (Å²) in [7, 11) is 0. The zero-order valence-corrected chi connectivity index (χ0v) is 18.0. The highest BCUT2D eigenvalue weighted by Crippen LogP contribution is 2.45. The van der Waals surface area contributed by atoms with Crippen molar-refractivity contribution in [2.45, 2.75) is 37.6 Å². The second-order valence-corrected chi connectivity index (χ2v) is 9.62. The van der Waals surface area contributed by atoms with E-state index in [-0.39, 0.29) is 11.4 Å². The summed E-state index contributed by atoms with van der Waals surface area (Å²) in [6.45, 7) is 3.45.